The van der Waals surface area contributed by atoms with Crippen molar-refractivity contribution >= 4 is 28.7 Å². The van der Waals surface area contributed by atoms with E-state index in [0.717, 1.165) is 0 Å². The average Bonchev–Trinajstić information content (AvgIpc) is 2.17. The molecule has 1 heterocycles. The molecule has 0 radical (unpaired) electrons. The molecule has 0 unspecified atom stereocenters. The van der Waals surface area contributed by atoms with E-state index >= 15 is 0 Å². The Hall–Kier alpha value is -1.04. The van der Waals surface area contributed by atoms with Crippen LogP contribution in [0.15, 0.2) is 4.99 Å². The molecule has 2 amide bonds. The number of primary amides is 1. The first-order valence-electron chi connectivity index (χ1n) is 4.90. The monoisotopic (exact) mass is 229 g/mol. The molecule has 0 spiro atoms. The molecule has 1 aliphatic heterocycles. The van der Waals surface area contributed by atoms with Crippen LogP contribution < -0.4 is 5.73 Å². The van der Waals surface area contributed by atoms with Gasteiger partial charge in [-0.25, -0.2) is 0 Å². The number of nitrogens with two attached hydrogens (primary N) is 1. The SMILES string of the molecule is CCN=C1S[C@@H](C(N)=O)CC(=O)N1CC. The normalized spacial score (nSPS) is 24.7. The summed E-state index contributed by atoms with van der Waals surface area (Å²) in [6.45, 7) is 4.95. The fourth-order valence-corrected chi connectivity index (χ4v) is 2.49. The summed E-state index contributed by atoms with van der Waals surface area (Å²) in [7, 11) is 0. The minimum absolute atomic E-state index is 0.0766. The van der Waals surface area contributed by atoms with E-state index in [2.05, 4.69) is 4.99 Å². The molecule has 2 N–H and O–H groups in total. The summed E-state index contributed by atoms with van der Waals surface area (Å²) in [6, 6.07) is 0. The smallest absolute Gasteiger partial charge is 0.231 e. The van der Waals surface area contributed by atoms with E-state index in [1.165, 1.54) is 11.8 Å². The average molecular weight is 229 g/mol. The number of carbonyl (C=O) groups excluding carboxylic acids is 2. The van der Waals surface area contributed by atoms with Gasteiger partial charge in [0.25, 0.3) is 0 Å². The van der Waals surface area contributed by atoms with Gasteiger partial charge in [0.05, 0.1) is 5.25 Å². The minimum atomic E-state index is -0.467. The van der Waals surface area contributed by atoms with E-state index in [-0.39, 0.29) is 12.3 Å². The lowest BCUT2D eigenvalue weighted by molar-refractivity contribution is -0.129. The zero-order valence-electron chi connectivity index (χ0n) is 8.90. The second-order valence-electron chi connectivity index (χ2n) is 3.11. The van der Waals surface area contributed by atoms with Crippen molar-refractivity contribution in [3.63, 3.8) is 0 Å². The summed E-state index contributed by atoms with van der Waals surface area (Å²) >= 11 is 1.28. The number of carbonyl (C=O) groups is 2. The number of aliphatic imine (C=N–C) groups is 1. The molecule has 1 rings (SSSR count). The maximum absolute atomic E-state index is 11.6. The van der Waals surface area contributed by atoms with Crippen LogP contribution in [0.2, 0.25) is 0 Å². The Kier molecular flexibility index (Phi) is 4.14. The molecule has 0 aromatic carbocycles. The van der Waals surface area contributed by atoms with Crippen LogP contribution in [0.1, 0.15) is 20.3 Å². The summed E-state index contributed by atoms with van der Waals surface area (Å²) in [5, 5.41) is 0.144. The van der Waals surface area contributed by atoms with Gasteiger partial charge in [-0.05, 0) is 13.8 Å². The summed E-state index contributed by atoms with van der Waals surface area (Å²) in [5.74, 6) is -0.528. The standard InChI is InChI=1S/C9H15N3O2S/c1-3-11-9-12(4-2)7(13)5-6(15-9)8(10)14/h6H,3-5H2,1-2H3,(H2,10,14)/t6-/m1/s1. The molecule has 15 heavy (non-hydrogen) atoms. The van der Waals surface area contributed by atoms with Crippen LogP contribution in [0.25, 0.3) is 0 Å². The second kappa shape index (κ2) is 5.16. The molecule has 6 heteroatoms. The van der Waals surface area contributed by atoms with Crippen LogP contribution in [0, 0.1) is 0 Å². The van der Waals surface area contributed by atoms with Crippen molar-refractivity contribution in [3.8, 4) is 0 Å². The van der Waals surface area contributed by atoms with E-state index < -0.39 is 11.2 Å². The molecule has 0 bridgehead atoms. The maximum atomic E-state index is 11.6. The molecule has 0 aromatic rings. The molecule has 1 saturated heterocycles. The largest absolute Gasteiger partial charge is 0.369 e. The predicted molar refractivity (Wildman–Crippen MR) is 60.6 cm³/mol. The molecular formula is C9H15N3O2S. The van der Waals surface area contributed by atoms with Crippen molar-refractivity contribution in [1.82, 2.24) is 4.90 Å². The second-order valence-corrected chi connectivity index (χ2v) is 4.28. The molecule has 5 nitrogen and oxygen atoms in total. The minimum Gasteiger partial charge on any atom is -0.369 e. The number of hydrogen-bond donors (Lipinski definition) is 1. The van der Waals surface area contributed by atoms with Gasteiger partial charge in [-0.1, -0.05) is 11.8 Å². The van der Waals surface area contributed by atoms with Crippen molar-refractivity contribution in [2.75, 3.05) is 13.1 Å². The lowest BCUT2D eigenvalue weighted by atomic mass is 10.2. The van der Waals surface area contributed by atoms with Crippen LogP contribution >= 0.6 is 11.8 Å². The lowest BCUT2D eigenvalue weighted by Crippen LogP contribution is -2.45. The molecule has 1 aliphatic rings. The lowest BCUT2D eigenvalue weighted by Gasteiger charge is -2.30. The van der Waals surface area contributed by atoms with Crippen LogP contribution in [0.5, 0.6) is 0 Å². The predicted octanol–water partition coefficient (Wildman–Crippen LogP) is 0.202. The van der Waals surface area contributed by atoms with Gasteiger partial charge in [-0.2, -0.15) is 0 Å². The van der Waals surface area contributed by atoms with Gasteiger partial charge in [0.15, 0.2) is 5.17 Å². The molecule has 0 aromatic heterocycles. The zero-order valence-corrected chi connectivity index (χ0v) is 9.71. The summed E-state index contributed by atoms with van der Waals surface area (Å²) in [6.07, 6.45) is 0.177. The van der Waals surface area contributed by atoms with Crippen LogP contribution in [0.3, 0.4) is 0 Å². The van der Waals surface area contributed by atoms with Crippen LogP contribution in [0.4, 0.5) is 0 Å². The first kappa shape index (κ1) is 12.0. The third-order valence-electron chi connectivity index (χ3n) is 2.07. The van der Waals surface area contributed by atoms with Crippen molar-refractivity contribution < 1.29 is 9.59 Å². The Morgan fingerprint density at radius 2 is 2.33 bits per heavy atom. The third-order valence-corrected chi connectivity index (χ3v) is 3.31. The van der Waals surface area contributed by atoms with Crippen molar-refractivity contribution in [1.29, 1.82) is 0 Å². The zero-order chi connectivity index (χ0) is 11.4. The van der Waals surface area contributed by atoms with Crippen LogP contribution in [-0.2, 0) is 9.59 Å². The fraction of sp³-hybridized carbons (Fsp3) is 0.667. The Morgan fingerprint density at radius 1 is 1.67 bits per heavy atom. The Balaban J connectivity index is 2.86. The van der Waals surface area contributed by atoms with Gasteiger partial charge >= 0.3 is 0 Å². The molecule has 0 aliphatic carbocycles. The highest BCUT2D eigenvalue weighted by molar-refractivity contribution is 8.15. The van der Waals surface area contributed by atoms with Crippen molar-refractivity contribution in [2.24, 2.45) is 10.7 Å². The van der Waals surface area contributed by atoms with Gasteiger partial charge in [-0.15, -0.1) is 0 Å². The van der Waals surface area contributed by atoms with E-state index in [0.29, 0.717) is 18.3 Å². The summed E-state index contributed by atoms with van der Waals surface area (Å²) in [4.78, 5) is 28.5. The summed E-state index contributed by atoms with van der Waals surface area (Å²) in [5.41, 5.74) is 5.19. The quantitative estimate of drug-likeness (QED) is 0.751. The number of nitrogens with zero attached hydrogens (tertiary/aromatic N) is 2. The topological polar surface area (TPSA) is 75.8 Å². The van der Waals surface area contributed by atoms with E-state index in [1.54, 1.807) is 4.90 Å². The molecule has 0 saturated carbocycles. The van der Waals surface area contributed by atoms with E-state index in [9.17, 15) is 9.59 Å². The van der Waals surface area contributed by atoms with Gasteiger partial charge < -0.3 is 5.73 Å². The Bertz CT molecular complexity index is 304. The summed E-state index contributed by atoms with van der Waals surface area (Å²) < 4.78 is 0. The van der Waals surface area contributed by atoms with Gasteiger partial charge in [0.2, 0.25) is 11.8 Å². The number of thioether (sulfide) groups is 1. The fourth-order valence-electron chi connectivity index (χ4n) is 1.34. The Labute approximate surface area is 93.1 Å². The van der Waals surface area contributed by atoms with E-state index in [4.69, 9.17) is 5.73 Å². The van der Waals surface area contributed by atoms with Crippen molar-refractivity contribution in [3.05, 3.63) is 0 Å². The van der Waals surface area contributed by atoms with Crippen molar-refractivity contribution in [2.45, 2.75) is 25.5 Å². The third kappa shape index (κ3) is 2.71. The number of amides is 2. The molecule has 84 valence electrons. The van der Waals surface area contributed by atoms with Gasteiger partial charge in [-0.3, -0.25) is 19.5 Å². The maximum Gasteiger partial charge on any atom is 0.231 e. The molecule has 1 fully saturated rings. The number of rotatable bonds is 3. The van der Waals surface area contributed by atoms with Crippen LogP contribution in [-0.4, -0.2) is 40.2 Å². The number of amidine groups is 1. The molecular weight excluding hydrogens is 214 g/mol. The van der Waals surface area contributed by atoms with Gasteiger partial charge in [0.1, 0.15) is 0 Å². The first-order chi connectivity index (χ1) is 7.10. The Morgan fingerprint density at radius 3 is 2.80 bits per heavy atom. The highest BCUT2D eigenvalue weighted by Gasteiger charge is 2.33. The first-order valence-corrected chi connectivity index (χ1v) is 5.78. The van der Waals surface area contributed by atoms with E-state index in [1.807, 2.05) is 13.8 Å². The molecule has 1 atom stereocenters. The highest BCUT2D eigenvalue weighted by Crippen LogP contribution is 2.25. The highest BCUT2D eigenvalue weighted by atomic mass is 32.2. The van der Waals surface area contributed by atoms with Gasteiger partial charge in [0, 0.05) is 19.5 Å². The number of hydrogen-bond acceptors (Lipinski definition) is 4.